The zero-order chi connectivity index (χ0) is 21.1. The Bertz CT molecular complexity index is 932. The van der Waals surface area contributed by atoms with Crippen molar-refractivity contribution in [1.82, 2.24) is 9.88 Å². The third-order valence-corrected chi connectivity index (χ3v) is 6.55. The summed E-state index contributed by atoms with van der Waals surface area (Å²) in [6, 6.07) is 8.86. The third kappa shape index (κ3) is 4.11. The fraction of sp³-hybridized carbons (Fsp3) is 0.409. The van der Waals surface area contributed by atoms with E-state index in [0.29, 0.717) is 17.1 Å². The first kappa shape index (κ1) is 21.2. The van der Waals surface area contributed by atoms with Crippen molar-refractivity contribution < 1.29 is 19.6 Å². The van der Waals surface area contributed by atoms with Crippen LogP contribution >= 0.6 is 11.3 Å². The molecule has 0 aliphatic carbocycles. The number of amides is 1. The number of hydrogen-bond acceptors (Lipinski definition) is 5. The van der Waals surface area contributed by atoms with Gasteiger partial charge in [0.1, 0.15) is 0 Å². The standard InChI is InChI=1S/C22H27N3O3S/c1-5-24(6-2)12-13-25-18(16-10-8-7-9-11-16)17(20(27)22(25)28)19(26)21-14(3)23-15(4)29-21/h7-11,18,27H,5-6,12-13H2,1-4H3/p+1/t18-/m1/s1. The molecule has 1 aromatic heterocycles. The quantitative estimate of drug-likeness (QED) is 0.650. The Morgan fingerprint density at radius 1 is 1.21 bits per heavy atom. The number of nitrogens with zero attached hydrogens (tertiary/aromatic N) is 2. The monoisotopic (exact) mass is 414 g/mol. The van der Waals surface area contributed by atoms with Gasteiger partial charge in [-0.05, 0) is 33.3 Å². The second-order valence-corrected chi connectivity index (χ2v) is 8.46. The van der Waals surface area contributed by atoms with E-state index in [9.17, 15) is 14.7 Å². The van der Waals surface area contributed by atoms with Crippen LogP contribution in [0.2, 0.25) is 0 Å². The van der Waals surface area contributed by atoms with Crippen LogP contribution in [0.25, 0.3) is 0 Å². The molecule has 2 aromatic rings. The van der Waals surface area contributed by atoms with Crippen LogP contribution in [0.1, 0.15) is 45.8 Å². The number of aromatic nitrogens is 1. The number of likely N-dealkylation sites (N-methyl/N-ethyl adjacent to an activating group) is 1. The number of thiazole rings is 1. The van der Waals surface area contributed by atoms with Crippen molar-refractivity contribution in [1.29, 1.82) is 0 Å². The first-order valence-corrected chi connectivity index (χ1v) is 10.8. The molecule has 1 atom stereocenters. The Kier molecular flexibility index (Phi) is 6.49. The number of aliphatic hydroxyl groups is 1. The average molecular weight is 415 g/mol. The molecule has 7 heteroatoms. The molecule has 0 saturated carbocycles. The Labute approximate surface area is 175 Å². The molecule has 2 heterocycles. The second-order valence-electron chi connectivity index (χ2n) is 7.26. The number of hydrogen-bond donors (Lipinski definition) is 2. The van der Waals surface area contributed by atoms with Gasteiger partial charge in [-0.2, -0.15) is 0 Å². The van der Waals surface area contributed by atoms with Crippen LogP contribution in [0.4, 0.5) is 0 Å². The van der Waals surface area contributed by atoms with Gasteiger partial charge >= 0.3 is 0 Å². The van der Waals surface area contributed by atoms with Gasteiger partial charge in [0.05, 0.1) is 53.4 Å². The average Bonchev–Trinajstić information content (AvgIpc) is 3.19. The SMILES string of the molecule is CC[NH+](CC)CCN1C(=O)C(O)=C(C(=O)c2sc(C)nc2C)[C@H]1c1ccccc1. The van der Waals surface area contributed by atoms with E-state index in [1.165, 1.54) is 16.2 Å². The van der Waals surface area contributed by atoms with Crippen molar-refractivity contribution in [3.8, 4) is 0 Å². The Morgan fingerprint density at radius 3 is 2.41 bits per heavy atom. The van der Waals surface area contributed by atoms with Crippen molar-refractivity contribution in [3.63, 3.8) is 0 Å². The smallest absolute Gasteiger partial charge is 0.290 e. The number of nitrogens with one attached hydrogen (secondary N) is 1. The predicted octanol–water partition coefficient (Wildman–Crippen LogP) is 2.26. The summed E-state index contributed by atoms with van der Waals surface area (Å²) in [6.07, 6.45) is 0. The Hall–Kier alpha value is -2.51. The predicted molar refractivity (Wildman–Crippen MR) is 113 cm³/mol. The molecular weight excluding hydrogens is 386 g/mol. The first-order chi connectivity index (χ1) is 13.9. The summed E-state index contributed by atoms with van der Waals surface area (Å²) in [6.45, 7) is 11.0. The molecule has 1 aromatic carbocycles. The van der Waals surface area contributed by atoms with Gasteiger partial charge in [-0.25, -0.2) is 4.98 Å². The zero-order valence-corrected chi connectivity index (χ0v) is 18.2. The highest BCUT2D eigenvalue weighted by Crippen LogP contribution is 2.39. The number of aryl methyl sites for hydroxylation is 2. The maximum Gasteiger partial charge on any atom is 0.290 e. The van der Waals surface area contributed by atoms with E-state index in [-0.39, 0.29) is 11.4 Å². The molecule has 1 amide bonds. The largest absolute Gasteiger partial charge is 0.503 e. The number of rotatable bonds is 8. The van der Waals surface area contributed by atoms with Gasteiger partial charge in [0.15, 0.2) is 5.76 Å². The summed E-state index contributed by atoms with van der Waals surface area (Å²) in [5.74, 6) is -1.23. The van der Waals surface area contributed by atoms with Crippen molar-refractivity contribution in [2.45, 2.75) is 33.7 Å². The van der Waals surface area contributed by atoms with Crippen LogP contribution in [0.5, 0.6) is 0 Å². The maximum absolute atomic E-state index is 13.4. The molecule has 0 spiro atoms. The van der Waals surface area contributed by atoms with Gasteiger partial charge in [0, 0.05) is 0 Å². The number of quaternary nitrogens is 1. The van der Waals surface area contributed by atoms with Gasteiger partial charge in [0.2, 0.25) is 5.78 Å². The first-order valence-electron chi connectivity index (χ1n) is 10.00. The van der Waals surface area contributed by atoms with E-state index in [4.69, 9.17) is 0 Å². The van der Waals surface area contributed by atoms with Crippen LogP contribution < -0.4 is 4.90 Å². The van der Waals surface area contributed by atoms with Crippen molar-refractivity contribution in [2.24, 2.45) is 0 Å². The molecule has 3 rings (SSSR count). The number of Topliss-reactive ketones (excluding diaryl/α,β-unsaturated/α-hetero) is 1. The highest BCUT2D eigenvalue weighted by atomic mass is 32.1. The lowest BCUT2D eigenvalue weighted by Gasteiger charge is -2.28. The molecule has 0 bridgehead atoms. The van der Waals surface area contributed by atoms with Crippen LogP contribution in [0.15, 0.2) is 41.7 Å². The fourth-order valence-electron chi connectivity index (χ4n) is 3.84. The van der Waals surface area contributed by atoms with Gasteiger partial charge in [-0.15, -0.1) is 11.3 Å². The maximum atomic E-state index is 13.4. The summed E-state index contributed by atoms with van der Waals surface area (Å²) in [4.78, 5) is 34.2. The summed E-state index contributed by atoms with van der Waals surface area (Å²) >= 11 is 1.30. The number of carbonyl (C=O) groups is 2. The van der Waals surface area contributed by atoms with Crippen LogP contribution in [-0.4, -0.2) is 52.9 Å². The molecule has 0 unspecified atom stereocenters. The highest BCUT2D eigenvalue weighted by molar-refractivity contribution is 7.14. The molecule has 0 fully saturated rings. The lowest BCUT2D eigenvalue weighted by molar-refractivity contribution is -0.895. The third-order valence-electron chi connectivity index (χ3n) is 5.48. The molecule has 0 radical (unpaired) electrons. The lowest BCUT2D eigenvalue weighted by atomic mass is 9.95. The fourth-order valence-corrected chi connectivity index (χ4v) is 4.72. The van der Waals surface area contributed by atoms with E-state index >= 15 is 0 Å². The molecule has 29 heavy (non-hydrogen) atoms. The second kappa shape index (κ2) is 8.88. The van der Waals surface area contributed by atoms with E-state index in [2.05, 4.69) is 18.8 Å². The summed E-state index contributed by atoms with van der Waals surface area (Å²) in [7, 11) is 0. The molecule has 1 aliphatic rings. The number of carbonyl (C=O) groups excluding carboxylic acids is 2. The minimum atomic E-state index is -0.590. The van der Waals surface area contributed by atoms with Crippen molar-refractivity contribution in [2.75, 3.05) is 26.2 Å². The molecule has 2 N–H and O–H groups in total. The van der Waals surface area contributed by atoms with E-state index < -0.39 is 17.7 Å². The summed E-state index contributed by atoms with van der Waals surface area (Å²) < 4.78 is 0. The summed E-state index contributed by atoms with van der Waals surface area (Å²) in [5, 5.41) is 11.5. The van der Waals surface area contributed by atoms with Gasteiger partial charge < -0.3 is 14.9 Å². The normalized spacial score (nSPS) is 16.9. The number of aliphatic hydroxyl groups excluding tert-OH is 1. The van der Waals surface area contributed by atoms with Crippen LogP contribution in [-0.2, 0) is 4.79 Å². The Balaban J connectivity index is 2.02. The highest BCUT2D eigenvalue weighted by Gasteiger charge is 2.44. The van der Waals surface area contributed by atoms with E-state index in [1.807, 2.05) is 37.3 Å². The molecule has 6 nitrogen and oxygen atoms in total. The molecule has 0 saturated heterocycles. The molecule has 1 aliphatic heterocycles. The zero-order valence-electron chi connectivity index (χ0n) is 17.4. The van der Waals surface area contributed by atoms with E-state index in [0.717, 1.165) is 30.2 Å². The van der Waals surface area contributed by atoms with Gasteiger partial charge in [0.25, 0.3) is 5.91 Å². The number of benzene rings is 1. The van der Waals surface area contributed by atoms with Crippen LogP contribution in [0, 0.1) is 13.8 Å². The Morgan fingerprint density at radius 2 is 1.86 bits per heavy atom. The van der Waals surface area contributed by atoms with Crippen molar-refractivity contribution >= 4 is 23.0 Å². The lowest BCUT2D eigenvalue weighted by Crippen LogP contribution is -3.12. The minimum Gasteiger partial charge on any atom is -0.503 e. The molecular formula is C22H28N3O3S+. The summed E-state index contributed by atoms with van der Waals surface area (Å²) in [5.41, 5.74) is 1.60. The van der Waals surface area contributed by atoms with E-state index in [1.54, 1.807) is 11.8 Å². The topological polar surface area (TPSA) is 74.9 Å². The van der Waals surface area contributed by atoms with Gasteiger partial charge in [-0.3, -0.25) is 9.59 Å². The molecule has 154 valence electrons. The number of ketones is 1. The van der Waals surface area contributed by atoms with Crippen LogP contribution in [0.3, 0.4) is 0 Å². The van der Waals surface area contributed by atoms with Gasteiger partial charge in [-0.1, -0.05) is 30.3 Å². The van der Waals surface area contributed by atoms with Crippen molar-refractivity contribution in [3.05, 3.63) is 62.8 Å². The minimum absolute atomic E-state index is 0.155.